The third-order valence-corrected chi connectivity index (χ3v) is 9.09. The van der Waals surface area contributed by atoms with Crippen LogP contribution in [0.4, 0.5) is 0 Å². The van der Waals surface area contributed by atoms with E-state index in [-0.39, 0.29) is 28.4 Å². The van der Waals surface area contributed by atoms with Crippen LogP contribution in [-0.2, 0) is 21.0 Å². The number of nitrogens with one attached hydrogen (secondary N) is 1. The second-order valence-corrected chi connectivity index (χ2v) is 13.1. The van der Waals surface area contributed by atoms with E-state index in [0.717, 1.165) is 38.5 Å². The Morgan fingerprint density at radius 3 is 2.32 bits per heavy atom. The Labute approximate surface area is 305 Å². The van der Waals surface area contributed by atoms with Crippen LogP contribution in [0.15, 0.2) is 155 Å². The van der Waals surface area contributed by atoms with E-state index in [9.17, 15) is 14.4 Å². The molecule has 0 saturated heterocycles. The van der Waals surface area contributed by atoms with Crippen molar-refractivity contribution >= 4 is 56.7 Å². The lowest BCUT2D eigenvalue weighted by atomic mass is 9.99. The van der Waals surface area contributed by atoms with E-state index in [0.29, 0.717) is 23.6 Å². The van der Waals surface area contributed by atoms with Gasteiger partial charge in [-0.25, -0.2) is 0 Å². The van der Waals surface area contributed by atoms with Crippen molar-refractivity contribution in [2.75, 3.05) is 5.75 Å². The molecule has 0 radical (unpaired) electrons. The van der Waals surface area contributed by atoms with Crippen molar-refractivity contribution in [2.45, 2.75) is 26.5 Å². The van der Waals surface area contributed by atoms with E-state index in [1.807, 2.05) is 97.9 Å². The van der Waals surface area contributed by atoms with Crippen molar-refractivity contribution in [1.29, 1.82) is 0 Å². The van der Waals surface area contributed by atoms with Gasteiger partial charge in [0.25, 0.3) is 11.8 Å². The number of amides is 3. The molecule has 7 nitrogen and oxygen atoms in total. The molecule has 1 aliphatic heterocycles. The quantitative estimate of drug-likeness (QED) is 0.0891. The zero-order chi connectivity index (χ0) is 35.5. The molecule has 4 aromatic rings. The van der Waals surface area contributed by atoms with Crippen LogP contribution in [0.2, 0.25) is 0 Å². The number of hydrogen-bond donors (Lipinski definition) is 1. The Morgan fingerprint density at radius 1 is 0.980 bits per heavy atom. The predicted octanol–water partition coefficient (Wildman–Crippen LogP) is 8.73. The second kappa shape index (κ2) is 17.4. The minimum atomic E-state index is -0.714. The molecule has 0 atom stereocenters. The third kappa shape index (κ3) is 9.25. The zero-order valence-corrected chi connectivity index (χ0v) is 30.1. The van der Waals surface area contributed by atoms with Crippen LogP contribution in [0.25, 0.3) is 6.08 Å². The topological polar surface area (TPSA) is 88.1 Å². The fourth-order valence-electron chi connectivity index (χ4n) is 5.28. The Bertz CT molecular complexity index is 1970. The summed E-state index contributed by atoms with van der Waals surface area (Å²) in [6, 6.07) is 32.4. The summed E-state index contributed by atoms with van der Waals surface area (Å²) >= 11 is 4.51. The summed E-state index contributed by atoms with van der Waals surface area (Å²) in [4.78, 5) is 46.9. The number of ether oxygens (including phenoxy) is 1. The second-order valence-electron chi connectivity index (χ2n) is 11.3. The molecule has 50 heavy (non-hydrogen) atoms. The maximum atomic E-state index is 14.2. The maximum absolute atomic E-state index is 14.2. The minimum absolute atomic E-state index is 0.0874. The zero-order valence-electron chi connectivity index (χ0n) is 27.7. The molecule has 4 aromatic carbocycles. The molecular formula is C41H36BrN3O4S. The van der Waals surface area contributed by atoms with Crippen LogP contribution in [0.3, 0.4) is 0 Å². The number of carbonyl (C=O) groups is 3. The Morgan fingerprint density at radius 2 is 1.68 bits per heavy atom. The van der Waals surface area contributed by atoms with Crippen LogP contribution in [-0.4, -0.2) is 33.5 Å². The first kappa shape index (κ1) is 36.0. The molecule has 0 saturated carbocycles. The van der Waals surface area contributed by atoms with Crippen LogP contribution in [0.1, 0.15) is 40.8 Å². The third-order valence-electron chi connectivity index (χ3n) is 7.66. The van der Waals surface area contributed by atoms with Gasteiger partial charge >= 0.3 is 0 Å². The maximum Gasteiger partial charge on any atom is 0.285 e. The standard InChI is InChI=1S/C41H36BrN3O4S/c1-4-6-20-34(5-2)45-40(48)35(25-32-24-33(42)21-22-36(32)49-26-29-15-13-14-28(3)23-29)39(47)44-41(45)50-27-37(46)43-38(30-16-9-7-10-17-30)31-18-11-8-12-19-31/h4-25,38H,1,26-27H2,2-3H3,(H,43,46)/b20-6-,34-5+,35-25+. The van der Waals surface area contributed by atoms with E-state index in [1.165, 1.54) is 11.0 Å². The van der Waals surface area contributed by atoms with Crippen molar-refractivity contribution < 1.29 is 19.1 Å². The highest BCUT2D eigenvalue weighted by molar-refractivity contribution is 9.10. The van der Waals surface area contributed by atoms with Gasteiger partial charge in [0.1, 0.15) is 17.9 Å². The van der Waals surface area contributed by atoms with E-state index in [2.05, 4.69) is 32.8 Å². The number of allylic oxidation sites excluding steroid dienone is 4. The number of amidine groups is 1. The highest BCUT2D eigenvalue weighted by Crippen LogP contribution is 2.31. The van der Waals surface area contributed by atoms with Gasteiger partial charge in [-0.3, -0.25) is 19.3 Å². The normalized spacial score (nSPS) is 14.3. The van der Waals surface area contributed by atoms with Gasteiger partial charge in [0.05, 0.1) is 11.8 Å². The number of rotatable bonds is 12. The Hall–Kier alpha value is -5.25. The van der Waals surface area contributed by atoms with Crippen molar-refractivity contribution in [3.63, 3.8) is 0 Å². The van der Waals surface area contributed by atoms with Gasteiger partial charge < -0.3 is 10.1 Å². The highest BCUT2D eigenvalue weighted by atomic mass is 79.9. The lowest BCUT2D eigenvalue weighted by Crippen LogP contribution is -2.42. The first-order valence-corrected chi connectivity index (χ1v) is 17.7. The molecular weight excluding hydrogens is 710 g/mol. The van der Waals surface area contributed by atoms with Crippen LogP contribution in [0.5, 0.6) is 5.75 Å². The van der Waals surface area contributed by atoms with Crippen LogP contribution in [0, 0.1) is 6.92 Å². The lowest BCUT2D eigenvalue weighted by Gasteiger charge is -2.28. The van der Waals surface area contributed by atoms with Crippen molar-refractivity contribution in [1.82, 2.24) is 10.2 Å². The number of halogens is 1. The molecule has 0 aliphatic carbocycles. The van der Waals surface area contributed by atoms with Crippen molar-refractivity contribution in [2.24, 2.45) is 4.99 Å². The van der Waals surface area contributed by atoms with Crippen molar-refractivity contribution in [3.8, 4) is 5.75 Å². The van der Waals surface area contributed by atoms with Gasteiger partial charge in [0.2, 0.25) is 5.91 Å². The molecule has 1 aliphatic rings. The summed E-state index contributed by atoms with van der Waals surface area (Å²) in [5, 5.41) is 3.20. The summed E-state index contributed by atoms with van der Waals surface area (Å²) in [5.74, 6) is -1.17. The fourth-order valence-corrected chi connectivity index (χ4v) is 6.46. The van der Waals surface area contributed by atoms with Gasteiger partial charge in [0.15, 0.2) is 5.17 Å². The monoisotopic (exact) mass is 745 g/mol. The minimum Gasteiger partial charge on any atom is -0.488 e. The highest BCUT2D eigenvalue weighted by Gasteiger charge is 2.35. The van der Waals surface area contributed by atoms with E-state index in [4.69, 9.17) is 4.74 Å². The number of benzene rings is 4. The van der Waals surface area contributed by atoms with E-state index >= 15 is 0 Å². The SMILES string of the molecule is C=C/C=C\C(=C/C)N1C(=O)/C(=C/c2cc(Br)ccc2OCc2cccc(C)c2)C(=O)N=C1SCC(=O)NC(c1ccccc1)c1ccccc1. The number of aryl methyl sites for hydroxylation is 1. The molecule has 0 unspecified atom stereocenters. The first-order chi connectivity index (χ1) is 24.3. The van der Waals surface area contributed by atoms with Gasteiger partial charge in [-0.1, -0.05) is 143 Å². The summed E-state index contributed by atoms with van der Waals surface area (Å²) in [7, 11) is 0. The summed E-state index contributed by atoms with van der Waals surface area (Å²) in [6.45, 7) is 7.84. The number of carbonyl (C=O) groups excluding carboxylic acids is 3. The molecule has 0 fully saturated rings. The Balaban J connectivity index is 1.43. The number of nitrogens with zero attached hydrogens (tertiary/aromatic N) is 2. The molecule has 252 valence electrons. The fraction of sp³-hybridized carbons (Fsp3) is 0.122. The molecule has 0 aromatic heterocycles. The number of hydrogen-bond acceptors (Lipinski definition) is 5. The predicted molar refractivity (Wildman–Crippen MR) is 205 cm³/mol. The Kier molecular flexibility index (Phi) is 12.6. The average Bonchev–Trinajstić information content (AvgIpc) is 3.13. The molecule has 0 spiro atoms. The number of thioether (sulfide) groups is 1. The average molecular weight is 747 g/mol. The van der Waals surface area contributed by atoms with Gasteiger partial charge in [0, 0.05) is 15.7 Å². The molecule has 1 N–H and O–H groups in total. The van der Waals surface area contributed by atoms with E-state index in [1.54, 1.807) is 43.4 Å². The molecule has 9 heteroatoms. The van der Waals surface area contributed by atoms with Crippen LogP contribution < -0.4 is 10.1 Å². The van der Waals surface area contributed by atoms with Crippen LogP contribution >= 0.6 is 27.7 Å². The molecule has 5 rings (SSSR count). The number of aliphatic imine (C=N–C) groups is 1. The summed E-state index contributed by atoms with van der Waals surface area (Å²) in [6.07, 6.45) is 8.21. The molecule has 1 heterocycles. The molecule has 3 amide bonds. The van der Waals surface area contributed by atoms with Gasteiger partial charge in [-0.2, -0.15) is 4.99 Å². The van der Waals surface area contributed by atoms with Crippen molar-refractivity contribution in [3.05, 3.63) is 178 Å². The van der Waals surface area contributed by atoms with Gasteiger partial charge in [-0.15, -0.1) is 0 Å². The smallest absolute Gasteiger partial charge is 0.285 e. The van der Waals surface area contributed by atoms with Gasteiger partial charge in [-0.05, 0) is 60.9 Å². The summed E-state index contributed by atoms with van der Waals surface area (Å²) < 4.78 is 6.90. The lowest BCUT2D eigenvalue weighted by molar-refractivity contribution is -0.126. The largest absolute Gasteiger partial charge is 0.488 e. The van der Waals surface area contributed by atoms with E-state index < -0.39 is 11.8 Å². The molecule has 0 bridgehead atoms. The summed E-state index contributed by atoms with van der Waals surface area (Å²) in [5.41, 5.74) is 4.82. The first-order valence-electron chi connectivity index (χ1n) is 15.9.